The molecule has 1 fully saturated rings. The summed E-state index contributed by atoms with van der Waals surface area (Å²) in [6.45, 7) is 1.02. The lowest BCUT2D eigenvalue weighted by Crippen LogP contribution is -2.12. The van der Waals surface area contributed by atoms with Crippen molar-refractivity contribution in [3.05, 3.63) is 28.2 Å². The molecule has 2 nitrogen and oxygen atoms in total. The van der Waals surface area contributed by atoms with Crippen molar-refractivity contribution in [3.8, 4) is 5.75 Å². The van der Waals surface area contributed by atoms with Crippen LogP contribution in [0.25, 0.3) is 0 Å². The second kappa shape index (κ2) is 3.90. The van der Waals surface area contributed by atoms with Gasteiger partial charge in [-0.05, 0) is 18.2 Å². The molecule has 0 radical (unpaired) electrons. The molecule has 0 aliphatic carbocycles. The molecule has 70 valence electrons. The van der Waals surface area contributed by atoms with E-state index in [1.807, 2.05) is 23.9 Å². The summed E-state index contributed by atoms with van der Waals surface area (Å²) in [4.78, 5) is 0. The Morgan fingerprint density at radius 1 is 1.54 bits per heavy atom. The van der Waals surface area contributed by atoms with E-state index in [1.165, 1.54) is 0 Å². The van der Waals surface area contributed by atoms with E-state index in [0.717, 1.165) is 22.3 Å². The van der Waals surface area contributed by atoms with Crippen molar-refractivity contribution in [3.63, 3.8) is 0 Å². The molecule has 4 heteroatoms. The molecule has 1 atom stereocenters. The van der Waals surface area contributed by atoms with Gasteiger partial charge in [-0.2, -0.15) is 0 Å². The van der Waals surface area contributed by atoms with Gasteiger partial charge in [0.25, 0.3) is 0 Å². The van der Waals surface area contributed by atoms with Crippen LogP contribution in [0.5, 0.6) is 5.75 Å². The molecular weight excluding hydrogens is 250 g/mol. The van der Waals surface area contributed by atoms with Gasteiger partial charge in [0, 0.05) is 22.3 Å². The molecule has 0 saturated carbocycles. The first-order chi connectivity index (χ1) is 6.27. The van der Waals surface area contributed by atoms with Crippen molar-refractivity contribution in [1.29, 1.82) is 0 Å². The van der Waals surface area contributed by atoms with Gasteiger partial charge in [0.1, 0.15) is 5.75 Å². The molecule has 1 aliphatic heterocycles. The summed E-state index contributed by atoms with van der Waals surface area (Å²) in [5.74, 6) is 1.48. The Morgan fingerprint density at radius 2 is 2.38 bits per heavy atom. The molecule has 1 heterocycles. The van der Waals surface area contributed by atoms with Crippen LogP contribution in [0.3, 0.4) is 0 Å². The highest BCUT2D eigenvalue weighted by atomic mass is 79.9. The molecule has 1 aromatic rings. The Kier molecular flexibility index (Phi) is 2.81. The molecule has 1 aliphatic rings. The smallest absolute Gasteiger partial charge is 0.121 e. The summed E-state index contributed by atoms with van der Waals surface area (Å²) in [6, 6.07) is 5.53. The number of aromatic hydroxyl groups is 1. The molecule has 0 bridgehead atoms. The summed E-state index contributed by atoms with van der Waals surface area (Å²) in [5, 5.41) is 13.2. The van der Waals surface area contributed by atoms with Crippen molar-refractivity contribution < 1.29 is 5.11 Å². The van der Waals surface area contributed by atoms with Crippen LogP contribution in [0.1, 0.15) is 10.9 Å². The lowest BCUT2D eigenvalue weighted by molar-refractivity contribution is 0.465. The zero-order valence-corrected chi connectivity index (χ0v) is 9.36. The van der Waals surface area contributed by atoms with Crippen molar-refractivity contribution in [1.82, 2.24) is 5.32 Å². The average Bonchev–Trinajstić information content (AvgIpc) is 2.61. The number of phenols is 1. The highest BCUT2D eigenvalue weighted by Crippen LogP contribution is 2.36. The van der Waals surface area contributed by atoms with Crippen LogP contribution in [0, 0.1) is 0 Å². The fourth-order valence-corrected chi connectivity index (χ4v) is 2.82. The normalized spacial score (nSPS) is 22.1. The first kappa shape index (κ1) is 9.37. The molecule has 13 heavy (non-hydrogen) atoms. The van der Waals surface area contributed by atoms with Crippen molar-refractivity contribution >= 4 is 27.7 Å². The first-order valence-corrected chi connectivity index (χ1v) is 5.95. The van der Waals surface area contributed by atoms with E-state index in [4.69, 9.17) is 0 Å². The summed E-state index contributed by atoms with van der Waals surface area (Å²) in [5.41, 5.74) is 0.969. The van der Waals surface area contributed by atoms with Gasteiger partial charge >= 0.3 is 0 Å². The quantitative estimate of drug-likeness (QED) is 0.813. The van der Waals surface area contributed by atoms with Gasteiger partial charge in [0.2, 0.25) is 0 Å². The van der Waals surface area contributed by atoms with Crippen LogP contribution in [0.15, 0.2) is 22.7 Å². The van der Waals surface area contributed by atoms with Crippen LogP contribution >= 0.6 is 27.7 Å². The van der Waals surface area contributed by atoms with Gasteiger partial charge < -0.3 is 10.4 Å². The highest BCUT2D eigenvalue weighted by Gasteiger charge is 2.19. The lowest BCUT2D eigenvalue weighted by atomic mass is 10.2. The Bertz CT molecular complexity index is 312. The Morgan fingerprint density at radius 3 is 3.08 bits per heavy atom. The van der Waals surface area contributed by atoms with Gasteiger partial charge in [-0.25, -0.2) is 0 Å². The molecule has 1 saturated heterocycles. The van der Waals surface area contributed by atoms with Crippen molar-refractivity contribution in [2.45, 2.75) is 5.37 Å². The number of halogens is 1. The van der Waals surface area contributed by atoms with Gasteiger partial charge in [0.05, 0.1) is 5.37 Å². The highest BCUT2D eigenvalue weighted by molar-refractivity contribution is 9.10. The maximum absolute atomic E-state index is 9.62. The van der Waals surface area contributed by atoms with Crippen molar-refractivity contribution in [2.24, 2.45) is 0 Å². The molecule has 1 unspecified atom stereocenters. The Labute approximate surface area is 89.9 Å². The molecular formula is C9H10BrNOS. The summed E-state index contributed by atoms with van der Waals surface area (Å²) in [6.07, 6.45) is 0. The molecule has 1 aromatic carbocycles. The number of hydrogen-bond acceptors (Lipinski definition) is 3. The number of nitrogens with one attached hydrogen (secondary N) is 1. The number of phenolic OH excluding ortho intramolecular Hbond substituents is 1. The second-order valence-corrected chi connectivity index (χ2v) is 5.04. The Balaban J connectivity index is 2.32. The SMILES string of the molecule is Oc1ccc(Br)cc1C1NCCS1. The van der Waals surface area contributed by atoms with Crippen LogP contribution in [-0.4, -0.2) is 17.4 Å². The van der Waals surface area contributed by atoms with Crippen LogP contribution in [0.4, 0.5) is 0 Å². The minimum Gasteiger partial charge on any atom is -0.508 e. The van der Waals surface area contributed by atoms with Crippen molar-refractivity contribution in [2.75, 3.05) is 12.3 Å². The lowest BCUT2D eigenvalue weighted by Gasteiger charge is -2.11. The summed E-state index contributed by atoms with van der Waals surface area (Å²) < 4.78 is 1.01. The minimum absolute atomic E-state index is 0.248. The van der Waals surface area contributed by atoms with E-state index in [9.17, 15) is 5.11 Å². The molecule has 2 rings (SSSR count). The van der Waals surface area contributed by atoms with E-state index in [2.05, 4.69) is 21.2 Å². The van der Waals surface area contributed by atoms with Crippen LogP contribution in [0.2, 0.25) is 0 Å². The molecule has 0 aromatic heterocycles. The average molecular weight is 260 g/mol. The number of hydrogen-bond donors (Lipinski definition) is 2. The molecule has 0 amide bonds. The molecule has 0 spiro atoms. The van der Waals surface area contributed by atoms with Crippen LogP contribution < -0.4 is 5.32 Å². The number of benzene rings is 1. The van der Waals surface area contributed by atoms with E-state index in [1.54, 1.807) is 6.07 Å². The minimum atomic E-state index is 0.248. The number of thioether (sulfide) groups is 1. The van der Waals surface area contributed by atoms with E-state index < -0.39 is 0 Å². The van der Waals surface area contributed by atoms with Gasteiger partial charge in [-0.3, -0.25) is 0 Å². The topological polar surface area (TPSA) is 32.3 Å². The zero-order valence-electron chi connectivity index (χ0n) is 6.96. The molecule has 2 N–H and O–H groups in total. The summed E-state index contributed by atoms with van der Waals surface area (Å²) >= 11 is 5.22. The van der Waals surface area contributed by atoms with Gasteiger partial charge in [-0.1, -0.05) is 15.9 Å². The fourth-order valence-electron chi connectivity index (χ4n) is 1.36. The predicted octanol–water partition coefficient (Wildman–Crippen LogP) is 2.49. The number of rotatable bonds is 1. The maximum Gasteiger partial charge on any atom is 0.121 e. The zero-order chi connectivity index (χ0) is 9.26. The van der Waals surface area contributed by atoms with E-state index >= 15 is 0 Å². The summed E-state index contributed by atoms with van der Waals surface area (Å²) in [7, 11) is 0. The fraction of sp³-hybridized carbons (Fsp3) is 0.333. The first-order valence-electron chi connectivity index (χ1n) is 4.11. The third-order valence-electron chi connectivity index (χ3n) is 1.99. The second-order valence-electron chi connectivity index (χ2n) is 2.91. The standard InChI is InChI=1S/C9H10BrNOS/c10-6-1-2-8(12)7(5-6)9-11-3-4-13-9/h1-2,5,9,11-12H,3-4H2. The van der Waals surface area contributed by atoms with E-state index in [0.29, 0.717) is 5.75 Å². The monoisotopic (exact) mass is 259 g/mol. The third-order valence-corrected chi connectivity index (χ3v) is 3.68. The van der Waals surface area contributed by atoms with Gasteiger partial charge in [0.15, 0.2) is 0 Å². The predicted molar refractivity (Wildman–Crippen MR) is 59.0 cm³/mol. The van der Waals surface area contributed by atoms with E-state index in [-0.39, 0.29) is 5.37 Å². The Hall–Kier alpha value is -0.190. The largest absolute Gasteiger partial charge is 0.508 e. The third kappa shape index (κ3) is 2.00. The van der Waals surface area contributed by atoms with Gasteiger partial charge in [-0.15, -0.1) is 11.8 Å². The van der Waals surface area contributed by atoms with Crippen LogP contribution in [-0.2, 0) is 0 Å². The maximum atomic E-state index is 9.62.